The molecular weight excluding hydrogens is 278 g/mol. The molecule has 0 bridgehead atoms. The van der Waals surface area contributed by atoms with Crippen molar-refractivity contribution in [1.29, 1.82) is 0 Å². The van der Waals surface area contributed by atoms with Crippen LogP contribution in [0.3, 0.4) is 0 Å². The summed E-state index contributed by atoms with van der Waals surface area (Å²) in [4.78, 5) is 15.5. The number of rotatable bonds is 4. The zero-order chi connectivity index (χ0) is 15.7. The minimum absolute atomic E-state index is 0.132. The largest absolute Gasteiger partial charge is 0.324 e. The number of nitrogens with zero attached hydrogens (tertiary/aromatic N) is 3. The van der Waals surface area contributed by atoms with E-state index in [1.165, 1.54) is 0 Å². The lowest BCUT2D eigenvalue weighted by Crippen LogP contribution is -2.00. The van der Waals surface area contributed by atoms with Crippen LogP contribution in [0, 0.1) is 17.0 Å². The maximum atomic E-state index is 11.2. The summed E-state index contributed by atoms with van der Waals surface area (Å²) in [7, 11) is 0. The van der Waals surface area contributed by atoms with Crippen LogP contribution in [0.15, 0.2) is 42.5 Å². The van der Waals surface area contributed by atoms with Crippen LogP contribution in [0.25, 0.3) is 22.4 Å². The number of hydrogen-bond donors (Lipinski definition) is 0. The molecule has 1 heterocycles. The zero-order valence-electron chi connectivity index (χ0n) is 12.6. The molecule has 0 aliphatic rings. The van der Waals surface area contributed by atoms with Gasteiger partial charge in [0.05, 0.1) is 16.0 Å². The smallest absolute Gasteiger partial charge is 0.273 e. The summed E-state index contributed by atoms with van der Waals surface area (Å²) in [6.45, 7) is 4.69. The Hall–Kier alpha value is -2.69. The van der Waals surface area contributed by atoms with Crippen LogP contribution in [-0.4, -0.2) is 14.5 Å². The van der Waals surface area contributed by atoms with Crippen LogP contribution in [-0.2, 0) is 6.54 Å². The summed E-state index contributed by atoms with van der Waals surface area (Å²) in [5.41, 5.74) is 3.54. The third-order valence-electron chi connectivity index (χ3n) is 3.77. The zero-order valence-corrected chi connectivity index (χ0v) is 12.6. The van der Waals surface area contributed by atoms with E-state index < -0.39 is 0 Å². The van der Waals surface area contributed by atoms with Gasteiger partial charge in [0.15, 0.2) is 0 Å². The molecule has 0 fully saturated rings. The van der Waals surface area contributed by atoms with Gasteiger partial charge in [-0.25, -0.2) is 4.98 Å². The Balaban J connectivity index is 2.23. The van der Waals surface area contributed by atoms with Gasteiger partial charge in [0.1, 0.15) is 5.82 Å². The minimum atomic E-state index is -0.342. The second-order valence-corrected chi connectivity index (χ2v) is 5.33. The predicted molar refractivity (Wildman–Crippen MR) is 86.9 cm³/mol. The van der Waals surface area contributed by atoms with Gasteiger partial charge >= 0.3 is 0 Å². The van der Waals surface area contributed by atoms with E-state index >= 15 is 0 Å². The molecule has 0 unspecified atom stereocenters. The van der Waals surface area contributed by atoms with Crippen molar-refractivity contribution >= 4 is 16.7 Å². The van der Waals surface area contributed by atoms with E-state index in [2.05, 4.69) is 16.5 Å². The third-order valence-corrected chi connectivity index (χ3v) is 3.77. The Morgan fingerprint density at radius 1 is 1.23 bits per heavy atom. The predicted octanol–water partition coefficient (Wildman–Crippen LogP) is 4.33. The van der Waals surface area contributed by atoms with Crippen LogP contribution >= 0.6 is 0 Å². The molecule has 0 aliphatic heterocycles. The van der Waals surface area contributed by atoms with Crippen LogP contribution < -0.4 is 0 Å². The molecule has 0 saturated carbocycles. The normalized spacial score (nSPS) is 11.0. The Bertz CT molecular complexity index is 852. The molecule has 0 saturated heterocycles. The minimum Gasteiger partial charge on any atom is -0.324 e. The van der Waals surface area contributed by atoms with Crippen molar-refractivity contribution in [3.05, 3.63) is 58.1 Å². The lowest BCUT2D eigenvalue weighted by molar-refractivity contribution is -0.385. The average Bonchev–Trinajstić information content (AvgIpc) is 2.87. The van der Waals surface area contributed by atoms with Gasteiger partial charge in [-0.2, -0.15) is 0 Å². The highest BCUT2D eigenvalue weighted by atomic mass is 16.6. The molecule has 5 heteroatoms. The van der Waals surface area contributed by atoms with Gasteiger partial charge in [0, 0.05) is 23.7 Å². The van der Waals surface area contributed by atoms with Gasteiger partial charge in [-0.1, -0.05) is 31.2 Å². The number of imidazole rings is 1. The third kappa shape index (κ3) is 2.35. The Kier molecular flexibility index (Phi) is 3.63. The van der Waals surface area contributed by atoms with Gasteiger partial charge in [-0.05, 0) is 25.5 Å². The van der Waals surface area contributed by atoms with E-state index in [1.54, 1.807) is 19.1 Å². The van der Waals surface area contributed by atoms with Gasteiger partial charge in [-0.3, -0.25) is 10.1 Å². The van der Waals surface area contributed by atoms with Gasteiger partial charge < -0.3 is 4.57 Å². The van der Waals surface area contributed by atoms with Crippen molar-refractivity contribution in [3.8, 4) is 11.4 Å². The molecule has 0 spiro atoms. The van der Waals surface area contributed by atoms with Crippen molar-refractivity contribution in [2.75, 3.05) is 0 Å². The van der Waals surface area contributed by atoms with Crippen LogP contribution in [0.4, 0.5) is 5.69 Å². The fraction of sp³-hybridized carbons (Fsp3) is 0.235. The molecule has 3 aromatic rings. The number of para-hydroxylation sites is 2. The second kappa shape index (κ2) is 5.60. The lowest BCUT2D eigenvalue weighted by Gasteiger charge is -2.08. The number of aryl methyl sites for hydroxylation is 2. The second-order valence-electron chi connectivity index (χ2n) is 5.33. The monoisotopic (exact) mass is 295 g/mol. The van der Waals surface area contributed by atoms with Crippen LogP contribution in [0.1, 0.15) is 18.9 Å². The summed E-state index contributed by atoms with van der Waals surface area (Å²) in [6.07, 6.45) is 0.974. The highest BCUT2D eigenvalue weighted by Crippen LogP contribution is 2.29. The number of nitro benzene ring substituents is 1. The molecular formula is C17H17N3O2. The molecule has 0 N–H and O–H groups in total. The van der Waals surface area contributed by atoms with E-state index in [1.807, 2.05) is 30.3 Å². The fourth-order valence-electron chi connectivity index (χ4n) is 2.69. The highest BCUT2D eigenvalue weighted by molar-refractivity contribution is 5.81. The standard InChI is InChI=1S/C17H17N3O2/c1-3-10-19-15-7-5-4-6-14(15)18-17(19)13-9-8-12(2)16(11-13)20(21)22/h4-9,11H,3,10H2,1-2H3. The van der Waals surface area contributed by atoms with E-state index in [-0.39, 0.29) is 10.6 Å². The maximum absolute atomic E-state index is 11.2. The number of aromatic nitrogens is 2. The van der Waals surface area contributed by atoms with Crippen molar-refractivity contribution < 1.29 is 4.92 Å². The van der Waals surface area contributed by atoms with Gasteiger partial charge in [0.2, 0.25) is 0 Å². The summed E-state index contributed by atoms with van der Waals surface area (Å²) < 4.78 is 2.13. The maximum Gasteiger partial charge on any atom is 0.273 e. The summed E-state index contributed by atoms with van der Waals surface area (Å²) >= 11 is 0. The lowest BCUT2D eigenvalue weighted by atomic mass is 10.1. The van der Waals surface area contributed by atoms with E-state index in [0.29, 0.717) is 5.56 Å². The van der Waals surface area contributed by atoms with Crippen molar-refractivity contribution in [2.24, 2.45) is 0 Å². The van der Waals surface area contributed by atoms with E-state index in [9.17, 15) is 10.1 Å². The Labute approximate surface area is 128 Å². The SMILES string of the molecule is CCCn1c(-c2ccc(C)c([N+](=O)[O-])c2)nc2ccccc21. The van der Waals surface area contributed by atoms with Crippen LogP contribution in [0.2, 0.25) is 0 Å². The first-order valence-electron chi connectivity index (χ1n) is 7.32. The molecule has 0 atom stereocenters. The molecule has 1 aromatic heterocycles. The first-order valence-corrected chi connectivity index (χ1v) is 7.32. The number of hydrogen-bond acceptors (Lipinski definition) is 3. The molecule has 3 rings (SSSR count). The molecule has 0 aliphatic carbocycles. The van der Waals surface area contributed by atoms with Crippen LogP contribution in [0.5, 0.6) is 0 Å². The van der Waals surface area contributed by atoms with E-state index in [4.69, 9.17) is 0 Å². The molecule has 2 aromatic carbocycles. The van der Waals surface area contributed by atoms with Crippen molar-refractivity contribution in [2.45, 2.75) is 26.8 Å². The quantitative estimate of drug-likeness (QED) is 0.531. The Morgan fingerprint density at radius 2 is 2.00 bits per heavy atom. The Morgan fingerprint density at radius 3 is 2.73 bits per heavy atom. The fourth-order valence-corrected chi connectivity index (χ4v) is 2.69. The molecule has 0 amide bonds. The van der Waals surface area contributed by atoms with E-state index in [0.717, 1.165) is 35.4 Å². The molecule has 112 valence electrons. The summed E-state index contributed by atoms with van der Waals surface area (Å²) in [5, 5.41) is 11.2. The number of benzene rings is 2. The van der Waals surface area contributed by atoms with Gasteiger partial charge in [-0.15, -0.1) is 0 Å². The first kappa shape index (κ1) is 14.3. The van der Waals surface area contributed by atoms with Crippen molar-refractivity contribution in [3.63, 3.8) is 0 Å². The van der Waals surface area contributed by atoms with Crippen molar-refractivity contribution in [1.82, 2.24) is 9.55 Å². The van der Waals surface area contributed by atoms with Gasteiger partial charge in [0.25, 0.3) is 5.69 Å². The summed E-state index contributed by atoms with van der Waals surface area (Å²) in [6, 6.07) is 13.2. The molecule has 0 radical (unpaired) electrons. The molecule has 22 heavy (non-hydrogen) atoms. The summed E-state index contributed by atoms with van der Waals surface area (Å²) in [5.74, 6) is 0.783. The highest BCUT2D eigenvalue weighted by Gasteiger charge is 2.16. The molecule has 5 nitrogen and oxygen atoms in total. The number of fused-ring (bicyclic) bond motifs is 1. The topological polar surface area (TPSA) is 61.0 Å². The average molecular weight is 295 g/mol. The first-order chi connectivity index (χ1) is 10.6. The number of nitro groups is 1.